The van der Waals surface area contributed by atoms with Crippen LogP contribution in [0.4, 0.5) is 0 Å². The molecular weight excluding hydrogens is 418 g/mol. The monoisotopic (exact) mass is 465 g/mol. The highest BCUT2D eigenvalue weighted by atomic mass is 16.5. The highest BCUT2D eigenvalue weighted by Crippen LogP contribution is 2.56. The van der Waals surface area contributed by atoms with Crippen LogP contribution in [0.3, 0.4) is 0 Å². The first-order valence-electron chi connectivity index (χ1n) is 14.4. The van der Waals surface area contributed by atoms with Gasteiger partial charge in [0.25, 0.3) is 0 Å². The average Bonchev–Trinajstić information content (AvgIpc) is 3.59. The number of nitriles is 1. The van der Waals surface area contributed by atoms with Gasteiger partial charge < -0.3 is 4.74 Å². The fraction of sp³-hybridized carbons (Fsp3) is 0.742. The molecule has 0 unspecified atom stereocenters. The smallest absolute Gasteiger partial charge is 0.338 e. The molecule has 2 aliphatic carbocycles. The summed E-state index contributed by atoms with van der Waals surface area (Å²) in [6.45, 7) is 4.50. The zero-order valence-electron chi connectivity index (χ0n) is 21.8. The van der Waals surface area contributed by atoms with Crippen LogP contribution in [0.1, 0.15) is 139 Å². The number of carbonyl (C=O) groups is 1. The third-order valence-corrected chi connectivity index (χ3v) is 8.38. The van der Waals surface area contributed by atoms with E-state index in [1.54, 1.807) is 0 Å². The number of esters is 1. The molecule has 0 bridgehead atoms. The number of nitrogens with zero attached hydrogens (tertiary/aromatic N) is 1. The molecule has 3 rings (SSSR count). The number of ether oxygens (including phenoxy) is 1. The fourth-order valence-corrected chi connectivity index (χ4v) is 5.93. The van der Waals surface area contributed by atoms with Crippen molar-refractivity contribution in [3.63, 3.8) is 0 Å². The Morgan fingerprint density at radius 1 is 0.882 bits per heavy atom. The van der Waals surface area contributed by atoms with Crippen molar-refractivity contribution in [3.8, 4) is 6.07 Å². The molecule has 0 spiro atoms. The molecule has 2 saturated carbocycles. The first-order valence-corrected chi connectivity index (χ1v) is 14.4. The van der Waals surface area contributed by atoms with Crippen molar-refractivity contribution in [1.29, 1.82) is 5.26 Å². The number of benzene rings is 1. The van der Waals surface area contributed by atoms with Gasteiger partial charge >= 0.3 is 5.97 Å². The predicted octanol–water partition coefficient (Wildman–Crippen LogP) is 8.90. The van der Waals surface area contributed by atoms with E-state index in [2.05, 4.69) is 19.9 Å². The van der Waals surface area contributed by atoms with Crippen molar-refractivity contribution in [2.45, 2.75) is 135 Å². The van der Waals surface area contributed by atoms with Crippen molar-refractivity contribution < 1.29 is 9.53 Å². The topological polar surface area (TPSA) is 50.1 Å². The van der Waals surface area contributed by atoms with Gasteiger partial charge in [0.2, 0.25) is 0 Å². The minimum atomic E-state index is -0.330. The summed E-state index contributed by atoms with van der Waals surface area (Å²) in [6.07, 6.45) is 21.1. The molecule has 0 saturated heterocycles. The number of unbranched alkanes of at least 4 members (excludes halogenated alkanes) is 8. The Kier molecular flexibility index (Phi) is 11.0. The van der Waals surface area contributed by atoms with Crippen molar-refractivity contribution in [1.82, 2.24) is 0 Å². The van der Waals surface area contributed by atoms with Crippen LogP contribution in [-0.2, 0) is 10.2 Å². The Morgan fingerprint density at radius 3 is 2.12 bits per heavy atom. The summed E-state index contributed by atoms with van der Waals surface area (Å²) < 4.78 is 5.86. The van der Waals surface area contributed by atoms with E-state index in [9.17, 15) is 10.1 Å². The van der Waals surface area contributed by atoms with Gasteiger partial charge in [0.1, 0.15) is 6.10 Å². The Bertz CT molecular complexity index is 772. The summed E-state index contributed by atoms with van der Waals surface area (Å²) in [6, 6.07) is 10.3. The standard InChI is InChI=1S/C31H47NO2/c1-3-5-7-9-10-11-13-25-15-21-29(22-16-25)34-30(33)26-17-19-27(20-18-26)31(24-32)23-28(31)14-12-8-6-4-2/h17-20,25,28-29H,3-16,21-23H2,1-2H3/t25?,28-,29?,31-/m0/s1. The molecule has 2 aliphatic rings. The van der Waals surface area contributed by atoms with Crippen LogP contribution in [0.25, 0.3) is 0 Å². The summed E-state index contributed by atoms with van der Waals surface area (Å²) in [5, 5.41) is 9.86. The van der Waals surface area contributed by atoms with Gasteiger partial charge in [-0.1, -0.05) is 96.6 Å². The maximum atomic E-state index is 12.7. The third kappa shape index (κ3) is 7.59. The van der Waals surface area contributed by atoms with E-state index in [0.717, 1.165) is 37.2 Å². The molecule has 0 aliphatic heterocycles. The third-order valence-electron chi connectivity index (χ3n) is 8.38. The van der Waals surface area contributed by atoms with E-state index >= 15 is 0 Å². The van der Waals surface area contributed by atoms with Crippen LogP contribution in [0.2, 0.25) is 0 Å². The molecule has 2 atom stereocenters. The number of rotatable bonds is 15. The first kappa shape index (κ1) is 26.8. The van der Waals surface area contributed by atoms with Gasteiger partial charge in [0.15, 0.2) is 0 Å². The van der Waals surface area contributed by atoms with E-state index in [0.29, 0.717) is 11.5 Å². The van der Waals surface area contributed by atoms with E-state index in [-0.39, 0.29) is 17.5 Å². The SMILES string of the molecule is CCCCCCCCC1CCC(OC(=O)c2ccc([C@@]3(C#N)C[C@@H]3CCCCCC)cc2)CC1. The normalized spacial score (nSPS) is 26.1. The lowest BCUT2D eigenvalue weighted by molar-refractivity contribution is 0.0161. The zero-order chi connectivity index (χ0) is 24.2. The van der Waals surface area contributed by atoms with Crippen LogP contribution in [0.15, 0.2) is 24.3 Å². The summed E-state index contributed by atoms with van der Waals surface area (Å²) in [5.41, 5.74) is 1.36. The minimum absolute atomic E-state index is 0.0642. The van der Waals surface area contributed by atoms with Crippen LogP contribution >= 0.6 is 0 Å². The Labute approximate surface area is 208 Å². The minimum Gasteiger partial charge on any atom is -0.459 e. The van der Waals surface area contributed by atoms with Gasteiger partial charge in [-0.25, -0.2) is 4.79 Å². The number of hydrogen-bond donors (Lipinski definition) is 0. The summed E-state index contributed by atoms with van der Waals surface area (Å²) >= 11 is 0. The molecule has 0 radical (unpaired) electrons. The second kappa shape index (κ2) is 13.9. The van der Waals surface area contributed by atoms with Crippen molar-refractivity contribution in [2.75, 3.05) is 0 Å². The summed E-state index contributed by atoms with van der Waals surface area (Å²) in [5.74, 6) is 1.08. The predicted molar refractivity (Wildman–Crippen MR) is 140 cm³/mol. The number of carbonyl (C=O) groups excluding carboxylic acids is 1. The maximum absolute atomic E-state index is 12.7. The maximum Gasteiger partial charge on any atom is 0.338 e. The second-order valence-corrected chi connectivity index (χ2v) is 11.0. The second-order valence-electron chi connectivity index (χ2n) is 11.0. The van der Waals surface area contributed by atoms with E-state index in [1.807, 2.05) is 24.3 Å². The van der Waals surface area contributed by atoms with Crippen LogP contribution in [0.5, 0.6) is 0 Å². The molecule has 3 heteroatoms. The quantitative estimate of drug-likeness (QED) is 0.192. The van der Waals surface area contributed by atoms with Gasteiger partial charge in [-0.2, -0.15) is 5.26 Å². The van der Waals surface area contributed by atoms with Gasteiger partial charge in [-0.05, 0) is 68.1 Å². The molecule has 0 heterocycles. The lowest BCUT2D eigenvalue weighted by Gasteiger charge is -2.28. The molecule has 0 N–H and O–H groups in total. The Balaban J connectivity index is 1.38. The first-order chi connectivity index (χ1) is 16.6. The van der Waals surface area contributed by atoms with Crippen LogP contribution < -0.4 is 0 Å². The molecule has 0 aromatic heterocycles. The molecule has 1 aromatic rings. The lowest BCUT2D eigenvalue weighted by Crippen LogP contribution is -2.24. The molecule has 34 heavy (non-hydrogen) atoms. The summed E-state index contributed by atoms with van der Waals surface area (Å²) in [4.78, 5) is 12.7. The van der Waals surface area contributed by atoms with Crippen molar-refractivity contribution >= 4 is 5.97 Å². The average molecular weight is 466 g/mol. The van der Waals surface area contributed by atoms with Crippen molar-refractivity contribution in [2.24, 2.45) is 11.8 Å². The van der Waals surface area contributed by atoms with E-state index in [4.69, 9.17) is 4.74 Å². The largest absolute Gasteiger partial charge is 0.459 e. The van der Waals surface area contributed by atoms with Crippen LogP contribution in [0, 0.1) is 23.2 Å². The van der Waals surface area contributed by atoms with Gasteiger partial charge in [-0.15, -0.1) is 0 Å². The highest BCUT2D eigenvalue weighted by molar-refractivity contribution is 5.89. The van der Waals surface area contributed by atoms with Crippen molar-refractivity contribution in [3.05, 3.63) is 35.4 Å². The van der Waals surface area contributed by atoms with Gasteiger partial charge in [0, 0.05) is 0 Å². The van der Waals surface area contributed by atoms with Gasteiger partial charge in [-0.3, -0.25) is 0 Å². The van der Waals surface area contributed by atoms with E-state index < -0.39 is 0 Å². The molecule has 2 fully saturated rings. The Hall–Kier alpha value is -1.82. The molecular formula is C31H47NO2. The zero-order valence-corrected chi connectivity index (χ0v) is 21.8. The highest BCUT2D eigenvalue weighted by Gasteiger charge is 2.55. The molecule has 0 amide bonds. The lowest BCUT2D eigenvalue weighted by atomic mass is 9.84. The molecule has 188 valence electrons. The summed E-state index contributed by atoms with van der Waals surface area (Å²) in [7, 11) is 0. The molecule has 3 nitrogen and oxygen atoms in total. The Morgan fingerprint density at radius 2 is 1.47 bits per heavy atom. The fourth-order valence-electron chi connectivity index (χ4n) is 5.93. The molecule has 1 aromatic carbocycles. The van der Waals surface area contributed by atoms with Gasteiger partial charge in [0.05, 0.1) is 17.0 Å². The van der Waals surface area contributed by atoms with Crippen LogP contribution in [-0.4, -0.2) is 12.1 Å². The number of hydrogen-bond acceptors (Lipinski definition) is 3. The van der Waals surface area contributed by atoms with E-state index in [1.165, 1.54) is 83.5 Å².